The summed E-state index contributed by atoms with van der Waals surface area (Å²) in [5.74, 6) is -0.386. The van der Waals surface area contributed by atoms with Gasteiger partial charge in [-0.1, -0.05) is 23.7 Å². The number of fused-ring (bicyclic) bond motifs is 1. The predicted octanol–water partition coefficient (Wildman–Crippen LogP) is 3.06. The molecule has 8 heteroatoms. The molecule has 2 N–H and O–H groups in total. The first-order chi connectivity index (χ1) is 14.3. The Balaban J connectivity index is 1.59. The summed E-state index contributed by atoms with van der Waals surface area (Å²) in [6.07, 6.45) is 2.12. The first-order valence-electron chi connectivity index (χ1n) is 9.88. The monoisotopic (exact) mass is 445 g/mol. The average Bonchev–Trinajstić information content (AvgIpc) is 3.28. The summed E-state index contributed by atoms with van der Waals surface area (Å²) in [5.41, 5.74) is 2.74. The number of hydrogen-bond donors (Lipinski definition) is 2. The molecule has 0 aliphatic carbocycles. The van der Waals surface area contributed by atoms with Crippen molar-refractivity contribution in [1.29, 1.82) is 0 Å². The minimum Gasteiger partial charge on any atom is -0.392 e. The Morgan fingerprint density at radius 3 is 2.73 bits per heavy atom. The van der Waals surface area contributed by atoms with Crippen LogP contribution >= 0.6 is 22.9 Å². The molecule has 1 aliphatic rings. The van der Waals surface area contributed by atoms with Gasteiger partial charge in [0.25, 0.3) is 5.91 Å². The van der Waals surface area contributed by atoms with Gasteiger partial charge >= 0.3 is 0 Å². The van der Waals surface area contributed by atoms with E-state index in [1.165, 1.54) is 11.3 Å². The van der Waals surface area contributed by atoms with E-state index in [-0.39, 0.29) is 23.0 Å². The number of amides is 1. The molecule has 4 rings (SSSR count). The van der Waals surface area contributed by atoms with Gasteiger partial charge in [-0.05, 0) is 36.6 Å². The summed E-state index contributed by atoms with van der Waals surface area (Å²) >= 11 is 7.34. The fourth-order valence-corrected chi connectivity index (χ4v) is 5.39. The van der Waals surface area contributed by atoms with E-state index >= 15 is 0 Å². The number of rotatable bonds is 5. The van der Waals surface area contributed by atoms with Gasteiger partial charge in [-0.15, -0.1) is 11.3 Å². The second-order valence-corrected chi connectivity index (χ2v) is 9.34. The molecule has 1 fully saturated rings. The van der Waals surface area contributed by atoms with E-state index in [0.29, 0.717) is 29.4 Å². The number of nitrogens with zero attached hydrogens (tertiary/aromatic N) is 2. The van der Waals surface area contributed by atoms with Gasteiger partial charge in [0.2, 0.25) is 5.43 Å². The maximum atomic E-state index is 13.1. The SMILES string of the molecule is Cc1c(CN2CC[C@@H](O)C2)sc2c(=O)c(C(=O)NCc3ccc(Cl)cc3)cn(C)c12. The summed E-state index contributed by atoms with van der Waals surface area (Å²) in [6.45, 7) is 4.55. The largest absolute Gasteiger partial charge is 0.392 e. The van der Waals surface area contributed by atoms with Crippen LogP contribution in [0.15, 0.2) is 35.3 Å². The van der Waals surface area contributed by atoms with Crippen LogP contribution in [0.25, 0.3) is 10.2 Å². The summed E-state index contributed by atoms with van der Waals surface area (Å²) in [5, 5.41) is 13.2. The Morgan fingerprint density at radius 2 is 2.07 bits per heavy atom. The number of aliphatic hydroxyl groups excluding tert-OH is 1. The molecule has 1 saturated heterocycles. The summed E-state index contributed by atoms with van der Waals surface area (Å²) in [4.78, 5) is 29.1. The molecule has 2 aromatic heterocycles. The fourth-order valence-electron chi connectivity index (χ4n) is 3.92. The van der Waals surface area contributed by atoms with Gasteiger partial charge in [-0.2, -0.15) is 0 Å². The summed E-state index contributed by atoms with van der Waals surface area (Å²) in [6, 6.07) is 7.22. The number of benzene rings is 1. The van der Waals surface area contributed by atoms with Gasteiger partial charge < -0.3 is 15.0 Å². The van der Waals surface area contributed by atoms with Gasteiger partial charge in [0.15, 0.2) is 0 Å². The Bertz CT molecular complexity index is 1150. The summed E-state index contributed by atoms with van der Waals surface area (Å²) < 4.78 is 2.46. The second kappa shape index (κ2) is 8.51. The smallest absolute Gasteiger partial charge is 0.257 e. The number of halogens is 1. The molecule has 3 heterocycles. The van der Waals surface area contributed by atoms with E-state index < -0.39 is 0 Å². The number of aryl methyl sites for hydroxylation is 2. The number of hydrogen-bond acceptors (Lipinski definition) is 5. The molecule has 1 amide bonds. The molecule has 0 spiro atoms. The molecule has 0 bridgehead atoms. The summed E-state index contributed by atoms with van der Waals surface area (Å²) in [7, 11) is 1.86. The lowest BCUT2D eigenvalue weighted by Gasteiger charge is -2.14. The van der Waals surface area contributed by atoms with E-state index in [9.17, 15) is 14.7 Å². The third-order valence-corrected chi connectivity index (χ3v) is 7.08. The molecule has 1 aliphatic heterocycles. The highest BCUT2D eigenvalue weighted by Crippen LogP contribution is 2.30. The number of aromatic nitrogens is 1. The van der Waals surface area contributed by atoms with E-state index in [1.807, 2.05) is 30.7 Å². The van der Waals surface area contributed by atoms with Gasteiger partial charge in [0.05, 0.1) is 16.3 Å². The van der Waals surface area contributed by atoms with Gasteiger partial charge in [0.1, 0.15) is 5.56 Å². The van der Waals surface area contributed by atoms with Crippen LogP contribution in [0.1, 0.15) is 32.8 Å². The van der Waals surface area contributed by atoms with Crippen LogP contribution in [0.4, 0.5) is 0 Å². The zero-order chi connectivity index (χ0) is 21.4. The lowest BCUT2D eigenvalue weighted by Crippen LogP contribution is -2.29. The number of aliphatic hydroxyl groups is 1. The van der Waals surface area contributed by atoms with Gasteiger partial charge in [-0.25, -0.2) is 0 Å². The molecular formula is C22H24ClN3O3S. The quantitative estimate of drug-likeness (QED) is 0.633. The number of likely N-dealkylation sites (tertiary alicyclic amines) is 1. The van der Waals surface area contributed by atoms with Crippen molar-refractivity contribution in [3.63, 3.8) is 0 Å². The van der Waals surface area contributed by atoms with Crippen molar-refractivity contribution >= 4 is 39.1 Å². The van der Waals surface area contributed by atoms with Crippen molar-refractivity contribution in [2.24, 2.45) is 7.05 Å². The van der Waals surface area contributed by atoms with Crippen LogP contribution in [-0.4, -0.2) is 39.7 Å². The van der Waals surface area contributed by atoms with Gasteiger partial charge in [-0.3, -0.25) is 14.5 Å². The molecule has 0 saturated carbocycles. The number of nitrogens with one attached hydrogen (secondary N) is 1. The van der Waals surface area contributed by atoms with Crippen molar-refractivity contribution in [1.82, 2.24) is 14.8 Å². The van der Waals surface area contributed by atoms with Crippen LogP contribution in [0, 0.1) is 6.92 Å². The van der Waals surface area contributed by atoms with E-state index in [2.05, 4.69) is 10.2 Å². The van der Waals surface area contributed by atoms with Crippen LogP contribution in [0.2, 0.25) is 5.02 Å². The lowest BCUT2D eigenvalue weighted by atomic mass is 10.1. The van der Waals surface area contributed by atoms with E-state index in [0.717, 1.165) is 34.5 Å². The molecule has 30 heavy (non-hydrogen) atoms. The predicted molar refractivity (Wildman–Crippen MR) is 120 cm³/mol. The van der Waals surface area contributed by atoms with Crippen molar-refractivity contribution in [3.05, 3.63) is 67.3 Å². The van der Waals surface area contributed by atoms with E-state index in [1.54, 1.807) is 18.3 Å². The number of thiophene rings is 1. The van der Waals surface area contributed by atoms with Crippen molar-refractivity contribution in [2.75, 3.05) is 13.1 Å². The molecule has 158 valence electrons. The molecule has 0 unspecified atom stereocenters. The Labute approximate surface area is 183 Å². The third kappa shape index (κ3) is 4.16. The Kier molecular flexibility index (Phi) is 5.97. The molecule has 6 nitrogen and oxygen atoms in total. The Morgan fingerprint density at radius 1 is 1.33 bits per heavy atom. The highest BCUT2D eigenvalue weighted by molar-refractivity contribution is 7.19. The first-order valence-corrected chi connectivity index (χ1v) is 11.1. The van der Waals surface area contributed by atoms with Crippen molar-refractivity contribution in [3.8, 4) is 0 Å². The molecule has 3 aromatic rings. The van der Waals surface area contributed by atoms with Crippen LogP contribution < -0.4 is 10.7 Å². The van der Waals surface area contributed by atoms with Crippen LogP contribution in [0.5, 0.6) is 0 Å². The molecular weight excluding hydrogens is 422 g/mol. The van der Waals surface area contributed by atoms with Gasteiger partial charge in [0, 0.05) is 49.3 Å². The molecule has 1 atom stereocenters. The second-order valence-electron chi connectivity index (χ2n) is 7.80. The highest BCUT2D eigenvalue weighted by Gasteiger charge is 2.24. The minimum absolute atomic E-state index is 0.142. The first kappa shape index (κ1) is 21.1. The van der Waals surface area contributed by atoms with Crippen molar-refractivity contribution in [2.45, 2.75) is 32.5 Å². The van der Waals surface area contributed by atoms with E-state index in [4.69, 9.17) is 11.6 Å². The van der Waals surface area contributed by atoms with Crippen LogP contribution in [0.3, 0.4) is 0 Å². The molecule has 1 aromatic carbocycles. The fraction of sp³-hybridized carbons (Fsp3) is 0.364. The normalized spacial score (nSPS) is 17.0. The number of β-amino-alcohol motifs (C(OH)–C–C–N with tert-alkyl or cyclic N) is 1. The van der Waals surface area contributed by atoms with Crippen molar-refractivity contribution < 1.29 is 9.90 Å². The topological polar surface area (TPSA) is 74.6 Å². The average molecular weight is 446 g/mol. The third-order valence-electron chi connectivity index (χ3n) is 5.57. The zero-order valence-corrected chi connectivity index (χ0v) is 18.5. The standard InChI is InChI=1S/C22H24ClN3O3S/c1-13-18(12-26-8-7-16(27)10-26)30-21-19(13)25(2)11-17(20(21)28)22(29)24-9-14-3-5-15(23)6-4-14/h3-6,11,16,27H,7-10,12H2,1-2H3,(H,24,29)/t16-/m1/s1. The zero-order valence-electron chi connectivity index (χ0n) is 16.9. The maximum absolute atomic E-state index is 13.1. The number of carbonyl (C=O) groups excluding carboxylic acids is 1. The Hall–Kier alpha value is -2.19. The number of pyridine rings is 1. The highest BCUT2D eigenvalue weighted by atomic mass is 35.5. The number of carbonyl (C=O) groups is 1. The minimum atomic E-state index is -0.386. The van der Waals surface area contributed by atoms with Crippen LogP contribution in [-0.2, 0) is 20.1 Å². The maximum Gasteiger partial charge on any atom is 0.257 e. The lowest BCUT2D eigenvalue weighted by molar-refractivity contribution is 0.0949. The molecule has 0 radical (unpaired) electrons.